The van der Waals surface area contributed by atoms with Gasteiger partial charge in [-0.05, 0) is 23.8 Å². The van der Waals surface area contributed by atoms with E-state index < -0.39 is 5.92 Å². The topological polar surface area (TPSA) is 42.2 Å². The number of ether oxygens (including phenoxy) is 2. The molecule has 2 rings (SSSR count). The molecule has 0 aromatic heterocycles. The SMILES string of the molecule is COc1ccc(C#CC(C#N)c2ccccc2)cc1OC. The first-order valence-electron chi connectivity index (χ1n) is 6.46. The van der Waals surface area contributed by atoms with Crippen LogP contribution in [0.2, 0.25) is 0 Å². The van der Waals surface area contributed by atoms with E-state index in [4.69, 9.17) is 9.47 Å². The molecule has 3 heteroatoms. The molecule has 0 spiro atoms. The lowest BCUT2D eigenvalue weighted by molar-refractivity contribution is 0.355. The summed E-state index contributed by atoms with van der Waals surface area (Å²) < 4.78 is 10.4. The normalized spacial score (nSPS) is 10.7. The lowest BCUT2D eigenvalue weighted by Gasteiger charge is -2.07. The van der Waals surface area contributed by atoms with Gasteiger partial charge in [0.15, 0.2) is 11.5 Å². The Morgan fingerprint density at radius 3 is 2.29 bits per heavy atom. The molecule has 0 saturated carbocycles. The van der Waals surface area contributed by atoms with Gasteiger partial charge in [0.2, 0.25) is 0 Å². The molecule has 2 aromatic rings. The molecule has 0 N–H and O–H groups in total. The van der Waals surface area contributed by atoms with Gasteiger partial charge in [0.05, 0.1) is 20.3 Å². The Bertz CT molecular complexity index is 705. The van der Waals surface area contributed by atoms with Crippen molar-refractivity contribution in [3.8, 4) is 29.4 Å². The minimum atomic E-state index is -0.445. The van der Waals surface area contributed by atoms with E-state index in [0.717, 1.165) is 11.1 Å². The molecular formula is C18H15NO2. The van der Waals surface area contributed by atoms with Crippen molar-refractivity contribution in [2.45, 2.75) is 5.92 Å². The van der Waals surface area contributed by atoms with Crippen molar-refractivity contribution in [1.82, 2.24) is 0 Å². The molecule has 0 aliphatic carbocycles. The molecule has 21 heavy (non-hydrogen) atoms. The minimum absolute atomic E-state index is 0.445. The summed E-state index contributed by atoms with van der Waals surface area (Å²) in [6.45, 7) is 0. The van der Waals surface area contributed by atoms with E-state index in [2.05, 4.69) is 17.9 Å². The van der Waals surface area contributed by atoms with Crippen LogP contribution in [0.1, 0.15) is 17.0 Å². The Kier molecular flexibility index (Phi) is 4.85. The predicted octanol–water partition coefficient (Wildman–Crippen LogP) is 3.36. The van der Waals surface area contributed by atoms with Crippen molar-refractivity contribution in [2.24, 2.45) is 0 Å². The first-order valence-corrected chi connectivity index (χ1v) is 6.46. The fourth-order valence-electron chi connectivity index (χ4n) is 1.91. The van der Waals surface area contributed by atoms with E-state index in [1.54, 1.807) is 26.4 Å². The molecule has 2 aromatic carbocycles. The van der Waals surface area contributed by atoms with Crippen LogP contribution in [-0.4, -0.2) is 14.2 Å². The van der Waals surface area contributed by atoms with Gasteiger partial charge in [-0.3, -0.25) is 0 Å². The highest BCUT2D eigenvalue weighted by atomic mass is 16.5. The number of methoxy groups -OCH3 is 2. The molecule has 0 radical (unpaired) electrons. The summed E-state index contributed by atoms with van der Waals surface area (Å²) in [5.74, 6) is 6.83. The fraction of sp³-hybridized carbons (Fsp3) is 0.167. The highest BCUT2D eigenvalue weighted by molar-refractivity contribution is 5.49. The molecule has 0 heterocycles. The molecule has 1 atom stereocenters. The third kappa shape index (κ3) is 3.55. The summed E-state index contributed by atoms with van der Waals surface area (Å²) in [5.41, 5.74) is 1.68. The highest BCUT2D eigenvalue weighted by Crippen LogP contribution is 2.27. The molecule has 0 amide bonds. The lowest BCUT2D eigenvalue weighted by Crippen LogP contribution is -1.92. The Hall–Kier alpha value is -2.91. The van der Waals surface area contributed by atoms with E-state index in [-0.39, 0.29) is 0 Å². The highest BCUT2D eigenvalue weighted by Gasteiger charge is 2.06. The van der Waals surface area contributed by atoms with Crippen LogP contribution < -0.4 is 9.47 Å². The van der Waals surface area contributed by atoms with Crippen LogP contribution in [0.4, 0.5) is 0 Å². The van der Waals surface area contributed by atoms with Gasteiger partial charge in [-0.25, -0.2) is 0 Å². The minimum Gasteiger partial charge on any atom is -0.493 e. The van der Waals surface area contributed by atoms with Gasteiger partial charge in [-0.1, -0.05) is 42.2 Å². The average molecular weight is 277 g/mol. The number of nitrogens with zero attached hydrogens (tertiary/aromatic N) is 1. The van der Waals surface area contributed by atoms with Gasteiger partial charge in [0.1, 0.15) is 5.92 Å². The summed E-state index contributed by atoms with van der Waals surface area (Å²) >= 11 is 0. The Balaban J connectivity index is 2.28. The molecule has 0 bridgehead atoms. The van der Waals surface area contributed by atoms with Gasteiger partial charge < -0.3 is 9.47 Å². The van der Waals surface area contributed by atoms with Crippen LogP contribution >= 0.6 is 0 Å². The number of hydrogen-bond acceptors (Lipinski definition) is 3. The smallest absolute Gasteiger partial charge is 0.161 e. The predicted molar refractivity (Wildman–Crippen MR) is 81.2 cm³/mol. The van der Waals surface area contributed by atoms with E-state index in [9.17, 15) is 5.26 Å². The summed E-state index contributed by atoms with van der Waals surface area (Å²) in [6, 6.07) is 17.2. The molecule has 0 fully saturated rings. The van der Waals surface area contributed by atoms with Crippen LogP contribution in [-0.2, 0) is 0 Å². The Morgan fingerprint density at radius 1 is 0.952 bits per heavy atom. The van der Waals surface area contributed by atoms with Crippen molar-refractivity contribution in [2.75, 3.05) is 14.2 Å². The van der Waals surface area contributed by atoms with E-state index in [1.165, 1.54) is 0 Å². The van der Waals surface area contributed by atoms with Crippen LogP contribution in [0.15, 0.2) is 48.5 Å². The molecular weight excluding hydrogens is 262 g/mol. The van der Waals surface area contributed by atoms with Crippen LogP contribution in [0.5, 0.6) is 11.5 Å². The Morgan fingerprint density at radius 2 is 1.67 bits per heavy atom. The second kappa shape index (κ2) is 7.03. The zero-order valence-electron chi connectivity index (χ0n) is 12.0. The fourth-order valence-corrected chi connectivity index (χ4v) is 1.91. The number of hydrogen-bond donors (Lipinski definition) is 0. The second-order valence-corrected chi connectivity index (χ2v) is 4.31. The van der Waals surface area contributed by atoms with Gasteiger partial charge in [0.25, 0.3) is 0 Å². The quantitative estimate of drug-likeness (QED) is 0.808. The molecule has 1 unspecified atom stereocenters. The summed E-state index contributed by atoms with van der Waals surface area (Å²) in [4.78, 5) is 0. The molecule has 3 nitrogen and oxygen atoms in total. The summed E-state index contributed by atoms with van der Waals surface area (Å²) in [5, 5.41) is 9.24. The second-order valence-electron chi connectivity index (χ2n) is 4.31. The third-order valence-electron chi connectivity index (χ3n) is 3.01. The van der Waals surface area contributed by atoms with Crippen LogP contribution in [0, 0.1) is 23.2 Å². The van der Waals surface area contributed by atoms with Crippen molar-refractivity contribution >= 4 is 0 Å². The van der Waals surface area contributed by atoms with Gasteiger partial charge >= 0.3 is 0 Å². The number of nitriles is 1. The van der Waals surface area contributed by atoms with Gasteiger partial charge in [0, 0.05) is 5.56 Å². The summed E-state index contributed by atoms with van der Waals surface area (Å²) in [6.07, 6.45) is 0. The molecule has 104 valence electrons. The zero-order chi connectivity index (χ0) is 15.1. The maximum atomic E-state index is 9.24. The molecule has 0 aliphatic rings. The van der Waals surface area contributed by atoms with Gasteiger partial charge in [-0.15, -0.1) is 0 Å². The first-order chi connectivity index (χ1) is 10.3. The maximum absolute atomic E-state index is 9.24. The molecule has 0 aliphatic heterocycles. The van der Waals surface area contributed by atoms with Crippen molar-refractivity contribution in [3.05, 3.63) is 59.7 Å². The van der Waals surface area contributed by atoms with Gasteiger partial charge in [-0.2, -0.15) is 5.26 Å². The summed E-state index contributed by atoms with van der Waals surface area (Å²) in [7, 11) is 3.17. The standard InChI is InChI=1S/C18H15NO2/c1-20-17-11-9-14(12-18(17)21-2)8-10-16(13-19)15-6-4-3-5-7-15/h3-7,9,11-12,16H,1-2H3. The third-order valence-corrected chi connectivity index (χ3v) is 3.01. The number of benzene rings is 2. The zero-order valence-corrected chi connectivity index (χ0v) is 12.0. The first kappa shape index (κ1) is 14.5. The van der Waals surface area contributed by atoms with Crippen molar-refractivity contribution < 1.29 is 9.47 Å². The van der Waals surface area contributed by atoms with E-state index in [1.807, 2.05) is 36.4 Å². The van der Waals surface area contributed by atoms with E-state index >= 15 is 0 Å². The lowest BCUT2D eigenvalue weighted by atomic mass is 10.0. The molecule has 0 saturated heterocycles. The average Bonchev–Trinajstić information content (AvgIpc) is 2.56. The monoisotopic (exact) mass is 277 g/mol. The largest absolute Gasteiger partial charge is 0.493 e. The Labute approximate surface area is 124 Å². The van der Waals surface area contributed by atoms with Crippen molar-refractivity contribution in [1.29, 1.82) is 5.26 Å². The van der Waals surface area contributed by atoms with Crippen molar-refractivity contribution in [3.63, 3.8) is 0 Å². The van der Waals surface area contributed by atoms with Crippen LogP contribution in [0.3, 0.4) is 0 Å². The maximum Gasteiger partial charge on any atom is 0.161 e. The van der Waals surface area contributed by atoms with Crippen LogP contribution in [0.25, 0.3) is 0 Å². The van der Waals surface area contributed by atoms with E-state index in [0.29, 0.717) is 11.5 Å². The number of rotatable bonds is 3.